The molecule has 0 aliphatic heterocycles. The second-order valence-corrected chi connectivity index (χ2v) is 5.83. The Morgan fingerprint density at radius 1 is 1.37 bits per heavy atom. The van der Waals surface area contributed by atoms with E-state index in [4.69, 9.17) is 0 Å². The van der Waals surface area contributed by atoms with Gasteiger partial charge in [-0.3, -0.25) is 4.68 Å². The van der Waals surface area contributed by atoms with Gasteiger partial charge in [0.15, 0.2) is 0 Å². The molecule has 0 radical (unpaired) electrons. The normalized spacial score (nSPS) is 13.8. The van der Waals surface area contributed by atoms with E-state index in [0.717, 1.165) is 17.8 Å². The first-order valence-electron chi connectivity index (χ1n) is 6.57. The Morgan fingerprint density at radius 2 is 2.05 bits per heavy atom. The summed E-state index contributed by atoms with van der Waals surface area (Å²) < 4.78 is 3.70. The van der Waals surface area contributed by atoms with Gasteiger partial charge >= 0.3 is 0 Å². The van der Waals surface area contributed by atoms with Gasteiger partial charge in [0.05, 0.1) is 5.69 Å². The summed E-state index contributed by atoms with van der Waals surface area (Å²) in [5, 5.41) is 15.1. The molecule has 0 saturated heterocycles. The van der Waals surface area contributed by atoms with Crippen LogP contribution < -0.4 is 0 Å². The lowest BCUT2D eigenvalue weighted by molar-refractivity contribution is 0.202. The molecule has 1 atom stereocenters. The van der Waals surface area contributed by atoms with Crippen molar-refractivity contribution in [2.24, 2.45) is 7.05 Å². The van der Waals surface area contributed by atoms with Crippen LogP contribution in [-0.4, -0.2) is 24.4 Å². The zero-order valence-corrected chi connectivity index (χ0v) is 12.3. The lowest BCUT2D eigenvalue weighted by Gasteiger charge is -2.20. The minimum absolute atomic E-state index is 0.110. The minimum atomic E-state index is -0.738. The Kier molecular flexibility index (Phi) is 3.49. The number of hydrogen-bond acceptors (Lipinski definition) is 3. The van der Waals surface area contributed by atoms with E-state index in [1.54, 1.807) is 10.9 Å². The number of imidazole rings is 1. The topological polar surface area (TPSA) is 55.9 Å². The summed E-state index contributed by atoms with van der Waals surface area (Å²) in [6.45, 7) is 9.11. The second kappa shape index (κ2) is 4.81. The van der Waals surface area contributed by atoms with Gasteiger partial charge in [0, 0.05) is 43.2 Å². The summed E-state index contributed by atoms with van der Waals surface area (Å²) >= 11 is 0. The molecule has 5 heteroatoms. The number of hydrogen-bond donors (Lipinski definition) is 1. The van der Waals surface area contributed by atoms with Crippen molar-refractivity contribution < 1.29 is 5.11 Å². The van der Waals surface area contributed by atoms with Crippen LogP contribution in [0.15, 0.2) is 18.6 Å². The van der Waals surface area contributed by atoms with E-state index in [1.165, 1.54) is 0 Å². The maximum atomic E-state index is 10.6. The first-order chi connectivity index (χ1) is 8.84. The zero-order chi connectivity index (χ0) is 14.2. The molecular formula is C14H22N4O. The van der Waals surface area contributed by atoms with Crippen LogP contribution in [0.2, 0.25) is 0 Å². The number of aliphatic hydroxyl groups excluding tert-OH is 1. The molecule has 0 spiro atoms. The lowest BCUT2D eigenvalue weighted by Crippen LogP contribution is -2.18. The van der Waals surface area contributed by atoms with Gasteiger partial charge in [-0.1, -0.05) is 20.8 Å². The van der Waals surface area contributed by atoms with E-state index in [0.29, 0.717) is 5.82 Å². The molecule has 104 valence electrons. The highest BCUT2D eigenvalue weighted by atomic mass is 16.3. The Hall–Kier alpha value is -1.62. The molecule has 0 saturated carbocycles. The van der Waals surface area contributed by atoms with E-state index in [-0.39, 0.29) is 5.41 Å². The Bertz CT molecular complexity index is 562. The Balaban J connectivity index is 2.47. The van der Waals surface area contributed by atoms with Gasteiger partial charge in [-0.25, -0.2) is 4.98 Å². The van der Waals surface area contributed by atoms with Gasteiger partial charge in [0.1, 0.15) is 11.9 Å². The van der Waals surface area contributed by atoms with Gasteiger partial charge in [0.2, 0.25) is 0 Å². The molecule has 2 rings (SSSR count). The fourth-order valence-corrected chi connectivity index (χ4v) is 2.26. The minimum Gasteiger partial charge on any atom is -0.380 e. The van der Waals surface area contributed by atoms with Gasteiger partial charge in [-0.05, 0) is 6.92 Å². The fourth-order valence-electron chi connectivity index (χ4n) is 2.26. The van der Waals surface area contributed by atoms with Crippen molar-refractivity contribution in [2.45, 2.75) is 45.8 Å². The average molecular weight is 262 g/mol. The van der Waals surface area contributed by atoms with Crippen LogP contribution >= 0.6 is 0 Å². The van der Waals surface area contributed by atoms with E-state index >= 15 is 0 Å². The van der Waals surface area contributed by atoms with Crippen LogP contribution in [0.4, 0.5) is 0 Å². The molecule has 2 aromatic rings. The molecule has 0 aromatic carbocycles. The van der Waals surface area contributed by atoms with Crippen molar-refractivity contribution in [2.75, 3.05) is 0 Å². The number of rotatable bonds is 3. The molecular weight excluding hydrogens is 240 g/mol. The van der Waals surface area contributed by atoms with E-state index in [9.17, 15) is 5.11 Å². The third kappa shape index (κ3) is 2.56. The van der Waals surface area contributed by atoms with Gasteiger partial charge in [-0.15, -0.1) is 0 Å². The first kappa shape index (κ1) is 13.8. The standard InChI is InChI=1S/C14H22N4O/c1-6-18-8-7-15-13(18)11(19)10-9-17(5)16-12(10)14(2,3)4/h7-9,11,19H,6H2,1-5H3. The van der Waals surface area contributed by atoms with E-state index in [2.05, 4.69) is 30.9 Å². The van der Waals surface area contributed by atoms with Crippen molar-refractivity contribution in [3.05, 3.63) is 35.7 Å². The van der Waals surface area contributed by atoms with E-state index in [1.807, 2.05) is 30.9 Å². The van der Waals surface area contributed by atoms with Crippen LogP contribution in [0.1, 0.15) is 50.9 Å². The molecule has 19 heavy (non-hydrogen) atoms. The molecule has 5 nitrogen and oxygen atoms in total. The monoisotopic (exact) mass is 262 g/mol. The summed E-state index contributed by atoms with van der Waals surface area (Å²) in [5.74, 6) is 0.668. The molecule has 0 aliphatic carbocycles. The van der Waals surface area contributed by atoms with Crippen molar-refractivity contribution in [1.82, 2.24) is 19.3 Å². The Labute approximate surface area is 113 Å². The second-order valence-electron chi connectivity index (χ2n) is 5.83. The fraction of sp³-hybridized carbons (Fsp3) is 0.571. The van der Waals surface area contributed by atoms with Crippen molar-refractivity contribution in [3.8, 4) is 0 Å². The highest BCUT2D eigenvalue weighted by Crippen LogP contribution is 2.31. The lowest BCUT2D eigenvalue weighted by atomic mass is 9.88. The van der Waals surface area contributed by atoms with Gasteiger partial charge in [-0.2, -0.15) is 5.10 Å². The zero-order valence-electron chi connectivity index (χ0n) is 12.3. The quantitative estimate of drug-likeness (QED) is 0.920. The third-order valence-corrected chi connectivity index (χ3v) is 3.20. The Morgan fingerprint density at radius 3 is 2.63 bits per heavy atom. The van der Waals surface area contributed by atoms with Crippen LogP contribution in [0, 0.1) is 0 Å². The molecule has 0 bridgehead atoms. The highest BCUT2D eigenvalue weighted by molar-refractivity contribution is 5.30. The summed E-state index contributed by atoms with van der Waals surface area (Å²) in [6.07, 6.45) is 4.73. The molecule has 0 amide bonds. The number of aromatic nitrogens is 4. The third-order valence-electron chi connectivity index (χ3n) is 3.20. The molecule has 2 heterocycles. The predicted octanol–water partition coefficient (Wildman–Crippen LogP) is 2.02. The van der Waals surface area contributed by atoms with Crippen LogP contribution in [0.25, 0.3) is 0 Å². The first-order valence-corrected chi connectivity index (χ1v) is 6.57. The largest absolute Gasteiger partial charge is 0.380 e. The van der Waals surface area contributed by atoms with Gasteiger partial charge in [0.25, 0.3) is 0 Å². The van der Waals surface area contributed by atoms with Crippen LogP contribution in [0.5, 0.6) is 0 Å². The molecule has 2 aromatic heterocycles. The predicted molar refractivity (Wildman–Crippen MR) is 73.9 cm³/mol. The summed E-state index contributed by atoms with van der Waals surface area (Å²) in [6, 6.07) is 0. The number of nitrogens with zero attached hydrogens (tertiary/aromatic N) is 4. The number of aliphatic hydroxyl groups is 1. The molecule has 0 aliphatic rings. The van der Waals surface area contributed by atoms with E-state index < -0.39 is 6.10 Å². The SMILES string of the molecule is CCn1ccnc1C(O)c1cn(C)nc1C(C)(C)C. The molecule has 0 fully saturated rings. The smallest absolute Gasteiger partial charge is 0.142 e. The van der Waals surface area contributed by atoms with Crippen molar-refractivity contribution in [1.29, 1.82) is 0 Å². The summed E-state index contributed by atoms with van der Waals surface area (Å²) in [5.41, 5.74) is 1.63. The molecule has 1 N–H and O–H groups in total. The van der Waals surface area contributed by atoms with Crippen molar-refractivity contribution in [3.63, 3.8) is 0 Å². The molecule has 1 unspecified atom stereocenters. The van der Waals surface area contributed by atoms with Crippen LogP contribution in [0.3, 0.4) is 0 Å². The maximum absolute atomic E-state index is 10.6. The van der Waals surface area contributed by atoms with Gasteiger partial charge < -0.3 is 9.67 Å². The average Bonchev–Trinajstić information content (AvgIpc) is 2.92. The van der Waals surface area contributed by atoms with Crippen molar-refractivity contribution >= 4 is 0 Å². The summed E-state index contributed by atoms with van der Waals surface area (Å²) in [7, 11) is 1.87. The highest BCUT2D eigenvalue weighted by Gasteiger charge is 2.28. The summed E-state index contributed by atoms with van der Waals surface area (Å²) in [4.78, 5) is 4.27. The van der Waals surface area contributed by atoms with Crippen LogP contribution in [-0.2, 0) is 19.0 Å². The number of aryl methyl sites for hydroxylation is 2. The maximum Gasteiger partial charge on any atom is 0.142 e.